The third kappa shape index (κ3) is 2.35. The highest BCUT2D eigenvalue weighted by Gasteiger charge is 2.42. The zero-order valence-electron chi connectivity index (χ0n) is 12.7. The zero-order chi connectivity index (χ0) is 14.9. The molecule has 1 fully saturated rings. The highest BCUT2D eigenvalue weighted by Crippen LogP contribution is 2.51. The molecule has 3 atom stereocenters. The maximum Gasteiger partial charge on any atom is 0.203 e. The van der Waals surface area contributed by atoms with Crippen molar-refractivity contribution in [3.63, 3.8) is 0 Å². The Morgan fingerprint density at radius 1 is 1.10 bits per heavy atom. The third-order valence-corrected chi connectivity index (χ3v) is 4.27. The van der Waals surface area contributed by atoms with Crippen LogP contribution in [0.15, 0.2) is 12.1 Å². The van der Waals surface area contributed by atoms with E-state index in [9.17, 15) is 4.79 Å². The van der Waals surface area contributed by atoms with Gasteiger partial charge in [-0.05, 0) is 42.9 Å². The molecule has 20 heavy (non-hydrogen) atoms. The molecule has 1 saturated carbocycles. The largest absolute Gasteiger partial charge is 0.493 e. The van der Waals surface area contributed by atoms with Crippen molar-refractivity contribution in [1.29, 1.82) is 0 Å². The van der Waals surface area contributed by atoms with Gasteiger partial charge in [-0.3, -0.25) is 4.79 Å². The molecule has 0 bridgehead atoms. The summed E-state index contributed by atoms with van der Waals surface area (Å²) >= 11 is 0. The van der Waals surface area contributed by atoms with Gasteiger partial charge >= 0.3 is 0 Å². The van der Waals surface area contributed by atoms with Crippen molar-refractivity contribution in [2.75, 3.05) is 21.3 Å². The molecule has 4 nitrogen and oxygen atoms in total. The first-order chi connectivity index (χ1) is 9.53. The molecule has 0 amide bonds. The molecule has 0 aliphatic heterocycles. The lowest BCUT2D eigenvalue weighted by molar-refractivity contribution is -0.125. The number of carbonyl (C=O) groups excluding carboxylic acids is 1. The van der Waals surface area contributed by atoms with E-state index in [-0.39, 0.29) is 17.6 Å². The maximum atomic E-state index is 11.7. The molecular formula is C16H22O4. The van der Waals surface area contributed by atoms with E-state index in [2.05, 4.69) is 6.92 Å². The van der Waals surface area contributed by atoms with Gasteiger partial charge in [0.25, 0.3) is 0 Å². The van der Waals surface area contributed by atoms with Gasteiger partial charge in [0.1, 0.15) is 5.78 Å². The van der Waals surface area contributed by atoms with E-state index in [0.29, 0.717) is 23.2 Å². The van der Waals surface area contributed by atoms with Crippen LogP contribution in [-0.2, 0) is 4.79 Å². The van der Waals surface area contributed by atoms with Crippen molar-refractivity contribution in [3.8, 4) is 17.2 Å². The van der Waals surface area contributed by atoms with E-state index < -0.39 is 0 Å². The number of hydrogen-bond donors (Lipinski definition) is 0. The molecule has 1 aromatic rings. The molecule has 2 rings (SSSR count). The molecule has 0 saturated heterocycles. The van der Waals surface area contributed by atoms with E-state index in [1.54, 1.807) is 28.3 Å². The molecule has 1 aliphatic rings. The van der Waals surface area contributed by atoms with Crippen LogP contribution in [0.25, 0.3) is 0 Å². The topological polar surface area (TPSA) is 44.8 Å². The number of rotatable bonds is 5. The summed E-state index contributed by atoms with van der Waals surface area (Å²) in [5, 5.41) is 0. The number of methoxy groups -OCH3 is 3. The van der Waals surface area contributed by atoms with Gasteiger partial charge < -0.3 is 14.2 Å². The molecular weight excluding hydrogens is 256 g/mol. The third-order valence-electron chi connectivity index (χ3n) is 4.27. The molecule has 1 aliphatic carbocycles. The minimum atomic E-state index is 0.104. The quantitative estimate of drug-likeness (QED) is 0.830. The Kier molecular flexibility index (Phi) is 4.21. The van der Waals surface area contributed by atoms with Crippen LogP contribution in [-0.4, -0.2) is 27.1 Å². The van der Waals surface area contributed by atoms with Crippen LogP contribution >= 0.6 is 0 Å². The van der Waals surface area contributed by atoms with Gasteiger partial charge in [0.15, 0.2) is 11.5 Å². The minimum Gasteiger partial charge on any atom is -0.493 e. The van der Waals surface area contributed by atoms with E-state index in [1.807, 2.05) is 12.1 Å². The highest BCUT2D eigenvalue weighted by molar-refractivity contribution is 5.80. The van der Waals surface area contributed by atoms with Crippen molar-refractivity contribution in [1.82, 2.24) is 0 Å². The zero-order valence-corrected chi connectivity index (χ0v) is 12.7. The second-order valence-corrected chi connectivity index (χ2v) is 5.41. The molecule has 4 heteroatoms. The predicted octanol–water partition coefficient (Wildman–Crippen LogP) is 3.04. The fraction of sp³-hybridized carbons (Fsp3) is 0.562. The van der Waals surface area contributed by atoms with Crippen LogP contribution in [0.2, 0.25) is 0 Å². The summed E-state index contributed by atoms with van der Waals surface area (Å²) in [7, 11) is 4.80. The van der Waals surface area contributed by atoms with Gasteiger partial charge in [0.2, 0.25) is 5.75 Å². The summed E-state index contributed by atoms with van der Waals surface area (Å²) in [6, 6.07) is 3.91. The summed E-state index contributed by atoms with van der Waals surface area (Å²) in [5.74, 6) is 2.96. The summed E-state index contributed by atoms with van der Waals surface area (Å²) in [6.07, 6.45) is 0.955. The van der Waals surface area contributed by atoms with Crippen LogP contribution in [0.4, 0.5) is 0 Å². The fourth-order valence-corrected chi connectivity index (χ4v) is 3.17. The maximum absolute atomic E-state index is 11.7. The lowest BCUT2D eigenvalue weighted by Crippen LogP contribution is -2.37. The van der Waals surface area contributed by atoms with Gasteiger partial charge in [-0.15, -0.1) is 0 Å². The Hall–Kier alpha value is -1.71. The van der Waals surface area contributed by atoms with Crippen LogP contribution in [0.5, 0.6) is 17.2 Å². The van der Waals surface area contributed by atoms with Crippen LogP contribution in [0.3, 0.4) is 0 Å². The van der Waals surface area contributed by atoms with Crippen molar-refractivity contribution in [2.24, 2.45) is 11.8 Å². The Morgan fingerprint density at radius 3 is 2.00 bits per heavy atom. The van der Waals surface area contributed by atoms with E-state index in [0.717, 1.165) is 12.0 Å². The first kappa shape index (κ1) is 14.7. The van der Waals surface area contributed by atoms with Gasteiger partial charge in [0.05, 0.1) is 21.3 Å². The molecule has 0 N–H and O–H groups in total. The summed E-state index contributed by atoms with van der Waals surface area (Å²) in [6.45, 7) is 3.84. The fourth-order valence-electron chi connectivity index (χ4n) is 3.17. The average Bonchev–Trinajstić information content (AvgIpc) is 2.42. The Bertz CT molecular complexity index is 484. The summed E-state index contributed by atoms with van der Waals surface area (Å²) in [5.41, 5.74) is 1.08. The number of benzene rings is 1. The monoisotopic (exact) mass is 278 g/mol. The molecule has 110 valence electrons. The van der Waals surface area contributed by atoms with Gasteiger partial charge in [-0.1, -0.05) is 6.92 Å². The SMILES string of the molecule is COc1cc([C@@H]2[C@@H](C)C[C@H]2C(C)=O)cc(OC)c1OC. The molecule has 0 radical (unpaired) electrons. The standard InChI is InChI=1S/C16H22O4/c1-9-6-12(10(2)17)15(9)11-7-13(18-3)16(20-5)14(8-11)19-4/h7-9,12,15H,6H2,1-5H3/t9-,12-,15-/m0/s1. The van der Waals surface area contributed by atoms with Gasteiger partial charge in [0, 0.05) is 5.92 Å². The Balaban J connectivity index is 2.44. The lowest BCUT2D eigenvalue weighted by Gasteiger charge is -2.42. The number of Topliss-reactive ketones (excluding diaryl/α,β-unsaturated/α-hetero) is 1. The second kappa shape index (κ2) is 5.73. The van der Waals surface area contributed by atoms with E-state index in [1.165, 1.54) is 0 Å². The van der Waals surface area contributed by atoms with E-state index >= 15 is 0 Å². The van der Waals surface area contributed by atoms with Crippen LogP contribution < -0.4 is 14.2 Å². The Labute approximate surface area is 120 Å². The highest BCUT2D eigenvalue weighted by atomic mass is 16.5. The average molecular weight is 278 g/mol. The van der Waals surface area contributed by atoms with Crippen molar-refractivity contribution in [3.05, 3.63) is 17.7 Å². The second-order valence-electron chi connectivity index (χ2n) is 5.41. The summed E-state index contributed by atoms with van der Waals surface area (Å²) < 4.78 is 16.1. The first-order valence-electron chi connectivity index (χ1n) is 6.83. The minimum absolute atomic E-state index is 0.104. The van der Waals surface area contributed by atoms with E-state index in [4.69, 9.17) is 14.2 Å². The molecule has 0 heterocycles. The normalized spacial score (nSPS) is 24.8. The smallest absolute Gasteiger partial charge is 0.203 e. The lowest BCUT2D eigenvalue weighted by atomic mass is 9.61. The van der Waals surface area contributed by atoms with Gasteiger partial charge in [-0.25, -0.2) is 0 Å². The predicted molar refractivity (Wildman–Crippen MR) is 76.8 cm³/mol. The van der Waals surface area contributed by atoms with Crippen LogP contribution in [0.1, 0.15) is 31.7 Å². The van der Waals surface area contributed by atoms with Crippen molar-refractivity contribution >= 4 is 5.78 Å². The van der Waals surface area contributed by atoms with Crippen LogP contribution in [0, 0.1) is 11.8 Å². The first-order valence-corrected chi connectivity index (χ1v) is 6.83. The molecule has 0 unspecified atom stereocenters. The Morgan fingerprint density at radius 2 is 1.65 bits per heavy atom. The molecule has 1 aromatic carbocycles. The van der Waals surface area contributed by atoms with Crippen molar-refractivity contribution in [2.45, 2.75) is 26.2 Å². The van der Waals surface area contributed by atoms with Gasteiger partial charge in [-0.2, -0.15) is 0 Å². The number of ether oxygens (including phenoxy) is 3. The number of carbonyl (C=O) groups is 1. The number of hydrogen-bond acceptors (Lipinski definition) is 4. The molecule has 0 aromatic heterocycles. The summed E-state index contributed by atoms with van der Waals surface area (Å²) in [4.78, 5) is 11.7. The van der Waals surface area contributed by atoms with Crippen molar-refractivity contribution < 1.29 is 19.0 Å². The number of ketones is 1. The molecule has 0 spiro atoms.